The van der Waals surface area contributed by atoms with Crippen molar-refractivity contribution in [3.05, 3.63) is 75.6 Å². The molecule has 4 rings (SSSR count). The van der Waals surface area contributed by atoms with Gasteiger partial charge in [0.2, 0.25) is 5.43 Å². The van der Waals surface area contributed by atoms with Crippen molar-refractivity contribution < 1.29 is 18.7 Å². The Morgan fingerprint density at radius 2 is 2.00 bits per heavy atom. The van der Waals surface area contributed by atoms with Crippen LogP contribution in [0.1, 0.15) is 29.3 Å². The fourth-order valence-electron chi connectivity index (χ4n) is 3.88. The molecule has 1 fully saturated rings. The summed E-state index contributed by atoms with van der Waals surface area (Å²) in [4.78, 5) is 30.3. The number of halogens is 2. The van der Waals surface area contributed by atoms with Gasteiger partial charge in [0.1, 0.15) is 17.2 Å². The molecular weight excluding hydrogens is 404 g/mol. The first-order valence-corrected chi connectivity index (χ1v) is 10.0. The number of anilines is 1. The van der Waals surface area contributed by atoms with Crippen LogP contribution in [-0.2, 0) is 6.54 Å². The fraction of sp³-hybridized carbons (Fsp3) is 0.261. The summed E-state index contributed by atoms with van der Waals surface area (Å²) < 4.78 is 29.6. The van der Waals surface area contributed by atoms with Gasteiger partial charge in [0.15, 0.2) is 0 Å². The zero-order valence-electron chi connectivity index (χ0n) is 16.9. The minimum Gasteiger partial charge on any atom is -0.477 e. The van der Waals surface area contributed by atoms with Crippen LogP contribution in [0.15, 0.2) is 52.4 Å². The molecule has 0 amide bonds. The highest BCUT2D eigenvalue weighted by Crippen LogP contribution is 2.29. The van der Waals surface area contributed by atoms with Crippen LogP contribution in [0.3, 0.4) is 0 Å². The van der Waals surface area contributed by atoms with Gasteiger partial charge in [-0.1, -0.05) is 12.1 Å². The lowest BCUT2D eigenvalue weighted by atomic mass is 10.1. The lowest BCUT2D eigenvalue weighted by Crippen LogP contribution is -2.23. The normalized spacial score (nSPS) is 16.5. The summed E-state index contributed by atoms with van der Waals surface area (Å²) in [6.45, 7) is 3.36. The number of aromatic nitrogens is 1. The number of carboxylic acids is 1. The van der Waals surface area contributed by atoms with Crippen LogP contribution >= 0.6 is 0 Å². The minimum absolute atomic E-state index is 0.0390. The number of nitrogens with zero attached hydrogens (tertiary/aromatic N) is 3. The van der Waals surface area contributed by atoms with Gasteiger partial charge in [-0.15, -0.1) is 0 Å². The number of rotatable bonds is 5. The van der Waals surface area contributed by atoms with Gasteiger partial charge in [-0.25, -0.2) is 13.6 Å². The van der Waals surface area contributed by atoms with Crippen LogP contribution in [0.5, 0.6) is 0 Å². The molecule has 1 aliphatic heterocycles. The first-order chi connectivity index (χ1) is 14.9. The molecule has 2 aromatic carbocycles. The Bertz CT molecular complexity index is 1240. The van der Waals surface area contributed by atoms with Crippen LogP contribution in [0.25, 0.3) is 10.9 Å². The molecule has 0 aliphatic carbocycles. The molecule has 1 atom stereocenters. The molecule has 31 heavy (non-hydrogen) atoms. The molecule has 160 valence electrons. The molecule has 8 heteroatoms. The Balaban J connectivity index is 1.63. The zero-order valence-corrected chi connectivity index (χ0v) is 16.9. The smallest absolute Gasteiger partial charge is 0.341 e. The number of benzene rings is 2. The van der Waals surface area contributed by atoms with Crippen molar-refractivity contribution in [3.63, 3.8) is 0 Å². The summed E-state index contributed by atoms with van der Waals surface area (Å²) in [6.07, 6.45) is 3.72. The SMILES string of the molecule is CCn1cc(C(=O)O)c(=O)c2cc(F)c(N3CCC(/N=C/c4ccc(F)cc4)C3)cc21. The maximum Gasteiger partial charge on any atom is 0.341 e. The second-order valence-corrected chi connectivity index (χ2v) is 7.50. The number of hydrogen-bond acceptors (Lipinski definition) is 4. The Hall–Kier alpha value is -3.55. The van der Waals surface area contributed by atoms with Gasteiger partial charge >= 0.3 is 5.97 Å². The topological polar surface area (TPSA) is 74.9 Å². The van der Waals surface area contributed by atoms with Crippen LogP contribution in [0.4, 0.5) is 14.5 Å². The number of hydrogen-bond donors (Lipinski definition) is 1. The van der Waals surface area contributed by atoms with Crippen molar-refractivity contribution in [3.8, 4) is 0 Å². The van der Waals surface area contributed by atoms with Crippen molar-refractivity contribution in [1.82, 2.24) is 4.57 Å². The fourth-order valence-corrected chi connectivity index (χ4v) is 3.88. The number of aromatic carboxylic acids is 1. The Labute approximate surface area is 177 Å². The van der Waals surface area contributed by atoms with Gasteiger partial charge in [-0.3, -0.25) is 9.79 Å². The van der Waals surface area contributed by atoms with Crippen LogP contribution in [0.2, 0.25) is 0 Å². The highest BCUT2D eigenvalue weighted by atomic mass is 19.1. The molecule has 0 saturated carbocycles. The second kappa shape index (κ2) is 8.29. The van der Waals surface area contributed by atoms with Gasteiger partial charge < -0.3 is 14.6 Å². The molecule has 1 aliphatic rings. The number of aryl methyl sites for hydroxylation is 1. The Kier molecular flexibility index (Phi) is 5.54. The molecule has 0 spiro atoms. The second-order valence-electron chi connectivity index (χ2n) is 7.50. The minimum atomic E-state index is -1.33. The third-order valence-electron chi connectivity index (χ3n) is 5.53. The van der Waals surface area contributed by atoms with E-state index >= 15 is 0 Å². The van der Waals surface area contributed by atoms with E-state index in [9.17, 15) is 23.5 Å². The molecule has 1 N–H and O–H groups in total. The van der Waals surface area contributed by atoms with E-state index in [1.165, 1.54) is 18.3 Å². The molecule has 2 heterocycles. The maximum atomic E-state index is 14.9. The predicted octanol–water partition coefficient (Wildman–Crippen LogP) is 3.70. The van der Waals surface area contributed by atoms with Crippen molar-refractivity contribution in [2.24, 2.45) is 4.99 Å². The number of pyridine rings is 1. The van der Waals surface area contributed by atoms with E-state index in [0.29, 0.717) is 30.8 Å². The van der Waals surface area contributed by atoms with E-state index in [1.54, 1.807) is 29.0 Å². The summed E-state index contributed by atoms with van der Waals surface area (Å²) in [5.74, 6) is -2.21. The van der Waals surface area contributed by atoms with Gasteiger partial charge in [-0.2, -0.15) is 0 Å². The lowest BCUT2D eigenvalue weighted by Gasteiger charge is -2.20. The van der Waals surface area contributed by atoms with Crippen molar-refractivity contribution in [2.45, 2.75) is 25.9 Å². The van der Waals surface area contributed by atoms with Crippen molar-refractivity contribution in [2.75, 3.05) is 18.0 Å². The van der Waals surface area contributed by atoms with Crippen LogP contribution < -0.4 is 10.3 Å². The highest BCUT2D eigenvalue weighted by Gasteiger charge is 2.25. The van der Waals surface area contributed by atoms with Crippen molar-refractivity contribution >= 4 is 28.8 Å². The number of carbonyl (C=O) groups is 1. The van der Waals surface area contributed by atoms with E-state index in [1.807, 2.05) is 11.8 Å². The maximum absolute atomic E-state index is 14.9. The average Bonchev–Trinajstić information content (AvgIpc) is 3.22. The Morgan fingerprint density at radius 3 is 2.68 bits per heavy atom. The third-order valence-corrected chi connectivity index (χ3v) is 5.53. The largest absolute Gasteiger partial charge is 0.477 e. The summed E-state index contributed by atoms with van der Waals surface area (Å²) in [5, 5.41) is 9.32. The monoisotopic (exact) mass is 425 g/mol. The number of fused-ring (bicyclic) bond motifs is 1. The van der Waals surface area contributed by atoms with Gasteiger partial charge in [-0.05, 0) is 43.2 Å². The zero-order chi connectivity index (χ0) is 22.1. The molecule has 1 aromatic heterocycles. The van der Waals surface area contributed by atoms with Crippen LogP contribution in [0, 0.1) is 11.6 Å². The highest BCUT2D eigenvalue weighted by molar-refractivity contribution is 5.93. The molecule has 6 nitrogen and oxygen atoms in total. The molecule has 0 bridgehead atoms. The number of aliphatic imine (C=N–C) groups is 1. The molecule has 1 unspecified atom stereocenters. The van der Waals surface area contributed by atoms with E-state index < -0.39 is 17.2 Å². The lowest BCUT2D eigenvalue weighted by molar-refractivity contribution is 0.0695. The molecule has 0 radical (unpaired) electrons. The Morgan fingerprint density at radius 1 is 1.26 bits per heavy atom. The summed E-state index contributed by atoms with van der Waals surface area (Å²) in [5.41, 5.74) is 0.570. The third kappa shape index (κ3) is 4.05. The van der Waals surface area contributed by atoms with Crippen molar-refractivity contribution in [1.29, 1.82) is 0 Å². The predicted molar refractivity (Wildman–Crippen MR) is 115 cm³/mol. The van der Waals surface area contributed by atoms with Gasteiger partial charge in [0.05, 0.1) is 17.2 Å². The first-order valence-electron chi connectivity index (χ1n) is 10.0. The van der Waals surface area contributed by atoms with E-state index in [-0.39, 0.29) is 22.8 Å². The van der Waals surface area contributed by atoms with Gasteiger partial charge in [0.25, 0.3) is 0 Å². The molecular formula is C23H21F2N3O3. The van der Waals surface area contributed by atoms with Crippen LogP contribution in [-0.4, -0.2) is 41.0 Å². The average molecular weight is 425 g/mol. The first kappa shape index (κ1) is 20.7. The van der Waals surface area contributed by atoms with E-state index in [4.69, 9.17) is 0 Å². The standard InChI is InChI=1S/C23H21F2N3O3/c1-2-27-13-18(23(30)31)22(29)17-9-19(25)21(10-20(17)27)28-8-7-16(12-28)26-11-14-3-5-15(24)6-4-14/h3-6,9-11,13,16H,2,7-8,12H2,1H3,(H,30,31)/b26-11+. The quantitative estimate of drug-likeness (QED) is 0.633. The van der Waals surface area contributed by atoms with E-state index in [2.05, 4.69) is 4.99 Å². The molecule has 1 saturated heterocycles. The summed E-state index contributed by atoms with van der Waals surface area (Å²) in [7, 11) is 0. The van der Waals surface area contributed by atoms with Gasteiger partial charge in [0, 0.05) is 37.4 Å². The van der Waals surface area contributed by atoms with E-state index in [0.717, 1.165) is 18.1 Å². The summed E-state index contributed by atoms with van der Waals surface area (Å²) in [6, 6.07) is 8.72. The summed E-state index contributed by atoms with van der Waals surface area (Å²) >= 11 is 0. The molecule has 3 aromatic rings. The number of carboxylic acid groups (broad SMARTS) is 1.